The van der Waals surface area contributed by atoms with Crippen LogP contribution < -0.4 is 0 Å². The SMILES string of the molecule is CC(=O)c1ccc(-c2cc(-c3ccc(Cl)cc3)cn3cc(-c4ccccc4)nc23)cc1. The molecule has 31 heavy (non-hydrogen) atoms. The zero-order valence-corrected chi connectivity index (χ0v) is 17.7. The number of rotatable bonds is 4. The van der Waals surface area contributed by atoms with E-state index < -0.39 is 0 Å². The Bertz CT molecular complexity index is 1390. The highest BCUT2D eigenvalue weighted by molar-refractivity contribution is 6.30. The predicted molar refractivity (Wildman–Crippen MR) is 127 cm³/mol. The quantitative estimate of drug-likeness (QED) is 0.287. The molecule has 0 aliphatic rings. The number of benzene rings is 3. The van der Waals surface area contributed by atoms with Crippen molar-refractivity contribution >= 4 is 23.0 Å². The fourth-order valence-electron chi connectivity index (χ4n) is 3.74. The molecule has 0 aliphatic carbocycles. The minimum Gasteiger partial charge on any atom is -0.305 e. The van der Waals surface area contributed by atoms with Crippen molar-refractivity contribution in [1.82, 2.24) is 9.38 Å². The zero-order chi connectivity index (χ0) is 21.4. The Morgan fingerprint density at radius 2 is 1.45 bits per heavy atom. The Kier molecular flexibility index (Phi) is 4.89. The van der Waals surface area contributed by atoms with E-state index in [2.05, 4.69) is 35.0 Å². The molecule has 0 aliphatic heterocycles. The number of carbonyl (C=O) groups is 1. The van der Waals surface area contributed by atoms with Crippen LogP contribution in [0.5, 0.6) is 0 Å². The van der Waals surface area contributed by atoms with Crippen LogP contribution in [0.4, 0.5) is 0 Å². The third kappa shape index (κ3) is 3.76. The molecule has 2 heterocycles. The van der Waals surface area contributed by atoms with Crippen molar-refractivity contribution < 1.29 is 4.79 Å². The monoisotopic (exact) mass is 422 g/mol. The maximum absolute atomic E-state index is 11.7. The van der Waals surface area contributed by atoms with Gasteiger partial charge in [-0.05, 0) is 41.8 Å². The van der Waals surface area contributed by atoms with Gasteiger partial charge in [0.25, 0.3) is 0 Å². The topological polar surface area (TPSA) is 34.4 Å². The van der Waals surface area contributed by atoms with Crippen LogP contribution in [0.3, 0.4) is 0 Å². The van der Waals surface area contributed by atoms with Gasteiger partial charge in [0.15, 0.2) is 5.78 Å². The van der Waals surface area contributed by atoms with Crippen LogP contribution in [0.2, 0.25) is 5.02 Å². The second-order valence-electron chi connectivity index (χ2n) is 7.51. The van der Waals surface area contributed by atoms with Crippen LogP contribution in [0, 0.1) is 0 Å². The van der Waals surface area contributed by atoms with E-state index in [1.54, 1.807) is 6.92 Å². The molecule has 0 N–H and O–H groups in total. The maximum Gasteiger partial charge on any atom is 0.159 e. The molecule has 4 heteroatoms. The summed E-state index contributed by atoms with van der Waals surface area (Å²) in [5, 5.41) is 0.707. The van der Waals surface area contributed by atoms with Crippen molar-refractivity contribution in [2.45, 2.75) is 6.92 Å². The minimum atomic E-state index is 0.0544. The lowest BCUT2D eigenvalue weighted by molar-refractivity contribution is 0.101. The Morgan fingerprint density at radius 3 is 2.13 bits per heavy atom. The number of fused-ring (bicyclic) bond motifs is 1. The van der Waals surface area contributed by atoms with E-state index >= 15 is 0 Å². The molecule has 0 unspecified atom stereocenters. The number of imidazole rings is 1. The van der Waals surface area contributed by atoms with Gasteiger partial charge in [0.2, 0.25) is 0 Å². The van der Waals surface area contributed by atoms with Crippen molar-refractivity contribution in [1.29, 1.82) is 0 Å². The number of Topliss-reactive ketones (excluding diaryl/α,β-unsaturated/α-hetero) is 1. The lowest BCUT2D eigenvalue weighted by atomic mass is 10.00. The van der Waals surface area contributed by atoms with Crippen LogP contribution in [-0.2, 0) is 0 Å². The first-order valence-corrected chi connectivity index (χ1v) is 10.4. The minimum absolute atomic E-state index is 0.0544. The van der Waals surface area contributed by atoms with Gasteiger partial charge in [-0.15, -0.1) is 0 Å². The maximum atomic E-state index is 11.7. The van der Waals surface area contributed by atoms with Gasteiger partial charge in [-0.3, -0.25) is 4.79 Å². The molecule has 0 saturated heterocycles. The fraction of sp³-hybridized carbons (Fsp3) is 0.0370. The lowest BCUT2D eigenvalue weighted by Crippen LogP contribution is -1.93. The molecule has 3 nitrogen and oxygen atoms in total. The molecule has 0 radical (unpaired) electrons. The van der Waals surface area contributed by atoms with E-state index in [0.29, 0.717) is 10.6 Å². The Balaban J connectivity index is 1.73. The van der Waals surface area contributed by atoms with Gasteiger partial charge in [0.1, 0.15) is 5.65 Å². The highest BCUT2D eigenvalue weighted by atomic mass is 35.5. The first kappa shape index (κ1) is 19.3. The number of hydrogen-bond acceptors (Lipinski definition) is 2. The van der Waals surface area contributed by atoms with Gasteiger partial charge in [0.05, 0.1) is 5.69 Å². The smallest absolute Gasteiger partial charge is 0.159 e. The van der Waals surface area contributed by atoms with Crippen molar-refractivity contribution in [3.8, 4) is 33.5 Å². The van der Waals surface area contributed by atoms with Crippen LogP contribution in [0.25, 0.3) is 39.2 Å². The zero-order valence-electron chi connectivity index (χ0n) is 16.9. The van der Waals surface area contributed by atoms with Crippen LogP contribution >= 0.6 is 11.6 Å². The van der Waals surface area contributed by atoms with E-state index in [4.69, 9.17) is 16.6 Å². The summed E-state index contributed by atoms with van der Waals surface area (Å²) in [6, 6.07) is 27.8. The average molecular weight is 423 g/mol. The van der Waals surface area contributed by atoms with Gasteiger partial charge in [-0.2, -0.15) is 0 Å². The van der Waals surface area contributed by atoms with Crippen molar-refractivity contribution in [3.05, 3.63) is 108 Å². The number of ketones is 1. The molecule has 5 aromatic rings. The summed E-state index contributed by atoms with van der Waals surface area (Å²) in [5.74, 6) is 0.0544. The van der Waals surface area contributed by atoms with Crippen molar-refractivity contribution in [3.63, 3.8) is 0 Å². The Labute approximate surface area is 185 Å². The largest absolute Gasteiger partial charge is 0.305 e. The first-order valence-electron chi connectivity index (χ1n) is 10.0. The second-order valence-corrected chi connectivity index (χ2v) is 7.94. The normalized spacial score (nSPS) is 11.0. The molecule has 5 rings (SSSR count). The van der Waals surface area contributed by atoms with Gasteiger partial charge < -0.3 is 4.40 Å². The number of nitrogens with zero attached hydrogens (tertiary/aromatic N) is 2. The van der Waals surface area contributed by atoms with Crippen molar-refractivity contribution in [2.24, 2.45) is 0 Å². The molecular formula is C27H19ClN2O. The predicted octanol–water partition coefficient (Wildman–Crippen LogP) is 7.19. The van der Waals surface area contributed by atoms with E-state index in [1.165, 1.54) is 0 Å². The first-order chi connectivity index (χ1) is 15.1. The number of hydrogen-bond donors (Lipinski definition) is 0. The van der Waals surface area contributed by atoms with E-state index in [0.717, 1.165) is 39.2 Å². The standard InChI is InChI=1S/C27H19ClN2O/c1-18(31)19-7-9-21(10-8-19)25-15-23(20-11-13-24(28)14-12-20)16-30-17-26(29-27(25)30)22-5-3-2-4-6-22/h2-17H,1H3. The summed E-state index contributed by atoms with van der Waals surface area (Å²) >= 11 is 6.09. The number of carbonyl (C=O) groups excluding carboxylic acids is 1. The summed E-state index contributed by atoms with van der Waals surface area (Å²) in [6.07, 6.45) is 4.14. The number of aromatic nitrogens is 2. The van der Waals surface area contributed by atoms with Gasteiger partial charge in [-0.25, -0.2) is 4.98 Å². The Hall–Kier alpha value is -3.69. The van der Waals surface area contributed by atoms with Gasteiger partial charge in [-0.1, -0.05) is 78.3 Å². The molecule has 0 atom stereocenters. The third-order valence-electron chi connectivity index (χ3n) is 5.40. The molecule has 2 aromatic heterocycles. The highest BCUT2D eigenvalue weighted by Gasteiger charge is 2.13. The summed E-state index contributed by atoms with van der Waals surface area (Å²) in [5.41, 5.74) is 7.69. The van der Waals surface area contributed by atoms with Crippen LogP contribution in [0.1, 0.15) is 17.3 Å². The van der Waals surface area contributed by atoms with Crippen molar-refractivity contribution in [2.75, 3.05) is 0 Å². The molecule has 0 fully saturated rings. The van der Waals surface area contributed by atoms with E-state index in [-0.39, 0.29) is 5.78 Å². The fourth-order valence-corrected chi connectivity index (χ4v) is 3.87. The molecule has 0 bridgehead atoms. The summed E-state index contributed by atoms with van der Waals surface area (Å²) in [4.78, 5) is 16.6. The van der Waals surface area contributed by atoms with Crippen LogP contribution in [0.15, 0.2) is 97.3 Å². The molecule has 0 spiro atoms. The van der Waals surface area contributed by atoms with Crippen LogP contribution in [-0.4, -0.2) is 15.2 Å². The number of pyridine rings is 1. The third-order valence-corrected chi connectivity index (χ3v) is 5.65. The average Bonchev–Trinajstić information content (AvgIpc) is 3.24. The second kappa shape index (κ2) is 7.86. The van der Waals surface area contributed by atoms with E-state index in [1.807, 2.05) is 66.7 Å². The molecule has 0 amide bonds. The summed E-state index contributed by atoms with van der Waals surface area (Å²) < 4.78 is 2.07. The molecular weight excluding hydrogens is 404 g/mol. The molecule has 3 aromatic carbocycles. The van der Waals surface area contributed by atoms with Gasteiger partial charge >= 0.3 is 0 Å². The summed E-state index contributed by atoms with van der Waals surface area (Å²) in [6.45, 7) is 1.58. The number of halogens is 1. The molecule has 0 saturated carbocycles. The lowest BCUT2D eigenvalue weighted by Gasteiger charge is -2.10. The van der Waals surface area contributed by atoms with E-state index in [9.17, 15) is 4.79 Å². The van der Waals surface area contributed by atoms with Gasteiger partial charge in [0, 0.05) is 34.1 Å². The molecule has 150 valence electrons. The Morgan fingerprint density at radius 1 is 0.774 bits per heavy atom. The highest BCUT2D eigenvalue weighted by Crippen LogP contribution is 2.32. The summed E-state index contributed by atoms with van der Waals surface area (Å²) in [7, 11) is 0.